The molecule has 1 N–H and O–H groups in total. The van der Waals surface area contributed by atoms with Crippen molar-refractivity contribution in [2.24, 2.45) is 0 Å². The number of nitrogens with one attached hydrogen (secondary N) is 1. The number of H-pyrrole nitrogens is 1. The molecule has 0 saturated carbocycles. The molecule has 0 spiro atoms. The van der Waals surface area contributed by atoms with Crippen molar-refractivity contribution in [1.82, 2.24) is 29.9 Å². The van der Waals surface area contributed by atoms with Crippen LogP contribution in [0.2, 0.25) is 5.02 Å². The zero-order valence-electron chi connectivity index (χ0n) is 14.5. The molecular formula is C17H14ClF3N6O. The Morgan fingerprint density at radius 1 is 1.36 bits per heavy atom. The van der Waals surface area contributed by atoms with Gasteiger partial charge < -0.3 is 9.88 Å². The minimum atomic E-state index is -4.64. The normalized spacial score (nSPS) is 16.9. The van der Waals surface area contributed by atoms with Crippen LogP contribution in [0, 0.1) is 0 Å². The molecule has 1 unspecified atom stereocenters. The van der Waals surface area contributed by atoms with E-state index in [4.69, 9.17) is 11.6 Å². The summed E-state index contributed by atoms with van der Waals surface area (Å²) >= 11 is 5.92. The van der Waals surface area contributed by atoms with E-state index in [1.807, 2.05) is 0 Å². The van der Waals surface area contributed by atoms with Crippen molar-refractivity contribution < 1.29 is 18.0 Å². The summed E-state index contributed by atoms with van der Waals surface area (Å²) in [6.45, 7) is 2.03. The fourth-order valence-corrected chi connectivity index (χ4v) is 3.64. The quantitative estimate of drug-likeness (QED) is 0.702. The maximum absolute atomic E-state index is 13.1. The lowest BCUT2D eigenvalue weighted by atomic mass is 10.0. The van der Waals surface area contributed by atoms with Gasteiger partial charge in [0, 0.05) is 25.4 Å². The molecule has 4 rings (SSSR count). The third-order valence-corrected chi connectivity index (χ3v) is 5.13. The van der Waals surface area contributed by atoms with Gasteiger partial charge in [-0.2, -0.15) is 17.9 Å². The number of imidazole rings is 1. The minimum absolute atomic E-state index is 0.190. The van der Waals surface area contributed by atoms with E-state index in [0.717, 1.165) is 11.8 Å². The van der Waals surface area contributed by atoms with E-state index >= 15 is 0 Å². The molecule has 0 saturated heterocycles. The van der Waals surface area contributed by atoms with Gasteiger partial charge in [-0.25, -0.2) is 4.98 Å². The van der Waals surface area contributed by atoms with Crippen LogP contribution in [0.4, 0.5) is 13.2 Å². The molecule has 0 bridgehead atoms. The van der Waals surface area contributed by atoms with Gasteiger partial charge in [0.1, 0.15) is 5.69 Å². The van der Waals surface area contributed by atoms with Gasteiger partial charge in [-0.1, -0.05) is 22.9 Å². The first-order chi connectivity index (χ1) is 13.3. The molecule has 3 aromatic rings. The Bertz CT molecular complexity index is 1030. The Balaban J connectivity index is 1.67. The smallest absolute Gasteiger partial charge is 0.330 e. The van der Waals surface area contributed by atoms with E-state index in [-0.39, 0.29) is 12.1 Å². The molecule has 1 atom stereocenters. The number of carbonyl (C=O) groups is 1. The Morgan fingerprint density at radius 3 is 2.82 bits per heavy atom. The molecule has 28 heavy (non-hydrogen) atoms. The minimum Gasteiger partial charge on any atom is -0.330 e. The molecule has 1 amide bonds. The number of hydrogen-bond acceptors (Lipinski definition) is 4. The van der Waals surface area contributed by atoms with Crippen molar-refractivity contribution in [2.75, 3.05) is 6.54 Å². The molecule has 1 aromatic carbocycles. The van der Waals surface area contributed by atoms with Gasteiger partial charge in [-0.15, -0.1) is 5.10 Å². The number of rotatable bonds is 2. The highest BCUT2D eigenvalue weighted by Crippen LogP contribution is 2.38. The average molecular weight is 411 g/mol. The average Bonchev–Trinajstić information content (AvgIpc) is 3.30. The van der Waals surface area contributed by atoms with E-state index in [0.29, 0.717) is 18.1 Å². The largest absolute Gasteiger partial charge is 0.417 e. The lowest BCUT2D eigenvalue weighted by molar-refractivity contribution is -0.137. The standard InChI is InChI=1S/C17H14ClF3N6O/c1-9-14-12(27(25-24-14)16-22-6-7-23-16)5-8-26(9)15(28)10-3-2-4-11(13(10)18)17(19,20)21/h2-4,6-7,9H,5,8H2,1H3,(H,22,23). The molecule has 7 nitrogen and oxygen atoms in total. The highest BCUT2D eigenvalue weighted by atomic mass is 35.5. The number of benzene rings is 1. The highest BCUT2D eigenvalue weighted by Gasteiger charge is 2.37. The second-order valence-electron chi connectivity index (χ2n) is 6.34. The van der Waals surface area contributed by atoms with Gasteiger partial charge in [-0.3, -0.25) is 4.79 Å². The van der Waals surface area contributed by atoms with Crippen LogP contribution in [0.1, 0.15) is 40.3 Å². The van der Waals surface area contributed by atoms with Crippen molar-refractivity contribution in [3.8, 4) is 5.95 Å². The van der Waals surface area contributed by atoms with E-state index in [9.17, 15) is 18.0 Å². The number of aromatic nitrogens is 5. The van der Waals surface area contributed by atoms with Gasteiger partial charge in [0.25, 0.3) is 5.91 Å². The highest BCUT2D eigenvalue weighted by molar-refractivity contribution is 6.34. The summed E-state index contributed by atoms with van der Waals surface area (Å²) in [6.07, 6.45) is -0.974. The Kier molecular flexibility index (Phi) is 4.37. The van der Waals surface area contributed by atoms with Crippen molar-refractivity contribution >= 4 is 17.5 Å². The Hall–Kier alpha value is -2.88. The van der Waals surface area contributed by atoms with Crippen molar-refractivity contribution in [2.45, 2.75) is 25.6 Å². The number of hydrogen-bond donors (Lipinski definition) is 1. The number of aromatic amines is 1. The number of halogens is 4. The van der Waals surface area contributed by atoms with Crippen molar-refractivity contribution in [1.29, 1.82) is 0 Å². The molecule has 2 aromatic heterocycles. The van der Waals surface area contributed by atoms with E-state index in [1.165, 1.54) is 17.0 Å². The van der Waals surface area contributed by atoms with Crippen molar-refractivity contribution in [3.63, 3.8) is 0 Å². The number of carbonyl (C=O) groups excluding carboxylic acids is 1. The Morgan fingerprint density at radius 2 is 2.14 bits per heavy atom. The molecular weight excluding hydrogens is 397 g/mol. The fourth-order valence-electron chi connectivity index (χ4n) is 3.33. The molecule has 146 valence electrons. The van der Waals surface area contributed by atoms with Crippen LogP contribution in [-0.2, 0) is 12.6 Å². The second-order valence-corrected chi connectivity index (χ2v) is 6.71. The summed E-state index contributed by atoms with van der Waals surface area (Å²) in [5, 5.41) is 7.63. The maximum Gasteiger partial charge on any atom is 0.417 e. The lowest BCUT2D eigenvalue weighted by Gasteiger charge is -2.33. The third-order valence-electron chi connectivity index (χ3n) is 4.73. The summed E-state index contributed by atoms with van der Waals surface area (Å²) in [5.74, 6) is -0.0801. The fraction of sp³-hybridized carbons (Fsp3) is 0.294. The summed E-state index contributed by atoms with van der Waals surface area (Å²) in [4.78, 5) is 21.5. The number of alkyl halides is 3. The summed E-state index contributed by atoms with van der Waals surface area (Å²) in [7, 11) is 0. The van der Waals surface area contributed by atoms with Gasteiger partial charge in [0.05, 0.1) is 27.9 Å². The maximum atomic E-state index is 13.1. The summed E-state index contributed by atoms with van der Waals surface area (Å²) in [5.41, 5.74) is 0.139. The van der Waals surface area contributed by atoms with Crippen LogP contribution in [0.5, 0.6) is 0 Å². The predicted octanol–water partition coefficient (Wildman–Crippen LogP) is 3.42. The Labute approximate surface area is 162 Å². The van der Waals surface area contributed by atoms with Crippen LogP contribution in [-0.4, -0.2) is 42.3 Å². The van der Waals surface area contributed by atoms with E-state index < -0.39 is 28.7 Å². The summed E-state index contributed by atoms with van der Waals surface area (Å²) in [6, 6.07) is 2.84. The van der Waals surface area contributed by atoms with E-state index in [2.05, 4.69) is 20.3 Å². The van der Waals surface area contributed by atoms with E-state index in [1.54, 1.807) is 24.0 Å². The van der Waals surface area contributed by atoms with Crippen LogP contribution < -0.4 is 0 Å². The zero-order chi connectivity index (χ0) is 20.1. The van der Waals surface area contributed by atoms with Gasteiger partial charge in [0.15, 0.2) is 0 Å². The number of nitrogens with zero attached hydrogens (tertiary/aromatic N) is 5. The monoisotopic (exact) mass is 410 g/mol. The number of fused-ring (bicyclic) bond motifs is 1. The van der Waals surface area contributed by atoms with Crippen LogP contribution in [0.25, 0.3) is 5.95 Å². The summed E-state index contributed by atoms with van der Waals surface area (Å²) < 4.78 is 40.9. The molecule has 11 heteroatoms. The van der Waals surface area contributed by atoms with Gasteiger partial charge in [-0.05, 0) is 19.1 Å². The predicted molar refractivity (Wildman–Crippen MR) is 93.1 cm³/mol. The molecule has 3 heterocycles. The second kappa shape index (κ2) is 6.62. The first kappa shape index (κ1) is 18.5. The molecule has 1 aliphatic rings. The van der Waals surface area contributed by atoms with Gasteiger partial charge >= 0.3 is 6.18 Å². The third kappa shape index (κ3) is 2.93. The number of amides is 1. The molecule has 0 radical (unpaired) electrons. The SMILES string of the molecule is CC1c2nnn(-c3ncc[nH]3)c2CCN1C(=O)c1cccc(C(F)(F)F)c1Cl. The van der Waals surface area contributed by atoms with Crippen LogP contribution in [0.15, 0.2) is 30.6 Å². The molecule has 0 aliphatic carbocycles. The van der Waals surface area contributed by atoms with Gasteiger partial charge in [0.2, 0.25) is 5.95 Å². The molecule has 0 fully saturated rings. The first-order valence-corrected chi connectivity index (χ1v) is 8.77. The van der Waals surface area contributed by atoms with Crippen LogP contribution >= 0.6 is 11.6 Å². The first-order valence-electron chi connectivity index (χ1n) is 8.40. The lowest BCUT2D eigenvalue weighted by Crippen LogP contribution is -2.39. The molecule has 1 aliphatic heterocycles. The van der Waals surface area contributed by atoms with Crippen LogP contribution in [0.3, 0.4) is 0 Å². The zero-order valence-corrected chi connectivity index (χ0v) is 15.3. The topological polar surface area (TPSA) is 79.7 Å². The van der Waals surface area contributed by atoms with Crippen molar-refractivity contribution in [3.05, 3.63) is 58.1 Å².